The lowest BCUT2D eigenvalue weighted by atomic mass is 10.0. The minimum Gasteiger partial charge on any atom is -0.381 e. The van der Waals surface area contributed by atoms with Crippen LogP contribution < -0.4 is 10.6 Å². The summed E-state index contributed by atoms with van der Waals surface area (Å²) in [6.45, 7) is 4.35. The smallest absolute Gasteiger partial charge is 0.233 e. The van der Waals surface area contributed by atoms with Crippen molar-refractivity contribution in [2.45, 2.75) is 19.3 Å². The zero-order valence-corrected chi connectivity index (χ0v) is 10.7. The Morgan fingerprint density at radius 3 is 2.88 bits per heavy atom. The summed E-state index contributed by atoms with van der Waals surface area (Å²) >= 11 is 0. The van der Waals surface area contributed by atoms with Crippen LogP contribution in [0.4, 0.5) is 0 Å². The Morgan fingerprint density at radius 2 is 2.18 bits per heavy atom. The average Bonchev–Trinajstić information content (AvgIpc) is 2.35. The van der Waals surface area contributed by atoms with Crippen molar-refractivity contribution in [3.8, 4) is 0 Å². The van der Waals surface area contributed by atoms with Crippen molar-refractivity contribution in [2.75, 3.05) is 46.6 Å². The van der Waals surface area contributed by atoms with E-state index in [1.165, 1.54) is 0 Å². The maximum atomic E-state index is 11.1. The highest BCUT2D eigenvalue weighted by Crippen LogP contribution is 2.14. The molecule has 2 N–H and O–H groups in total. The molecule has 0 atom stereocenters. The number of carbonyl (C=O) groups excluding carboxylic acids is 1. The van der Waals surface area contributed by atoms with Crippen LogP contribution in [-0.2, 0) is 14.3 Å². The molecule has 1 amide bonds. The van der Waals surface area contributed by atoms with Gasteiger partial charge in [-0.25, -0.2) is 0 Å². The molecule has 100 valence electrons. The molecule has 1 aliphatic heterocycles. The third-order valence-electron chi connectivity index (χ3n) is 2.82. The van der Waals surface area contributed by atoms with Crippen LogP contribution in [0.1, 0.15) is 19.3 Å². The Bertz CT molecular complexity index is 206. The minimum atomic E-state index is 0.0388. The molecule has 0 bridgehead atoms. The van der Waals surface area contributed by atoms with Gasteiger partial charge >= 0.3 is 0 Å². The Balaban J connectivity index is 1.85. The van der Waals surface area contributed by atoms with Crippen LogP contribution in [-0.4, -0.2) is 52.5 Å². The second-order valence-electron chi connectivity index (χ2n) is 4.36. The van der Waals surface area contributed by atoms with E-state index >= 15 is 0 Å². The number of hydrogen-bond donors (Lipinski definition) is 2. The number of hydrogen-bond acceptors (Lipinski definition) is 4. The molecule has 17 heavy (non-hydrogen) atoms. The highest BCUT2D eigenvalue weighted by molar-refractivity contribution is 5.77. The van der Waals surface area contributed by atoms with Gasteiger partial charge in [-0.1, -0.05) is 0 Å². The second-order valence-corrected chi connectivity index (χ2v) is 4.36. The first-order chi connectivity index (χ1) is 8.33. The molecule has 1 aliphatic rings. The fraction of sp³-hybridized carbons (Fsp3) is 0.917. The molecule has 1 heterocycles. The van der Waals surface area contributed by atoms with Crippen molar-refractivity contribution in [1.29, 1.82) is 0 Å². The van der Waals surface area contributed by atoms with Gasteiger partial charge < -0.3 is 20.1 Å². The quantitative estimate of drug-likeness (QED) is 0.597. The summed E-state index contributed by atoms with van der Waals surface area (Å²) in [6, 6.07) is 0. The van der Waals surface area contributed by atoms with Crippen LogP contribution in [0.15, 0.2) is 0 Å². The van der Waals surface area contributed by atoms with Gasteiger partial charge in [0.05, 0.1) is 6.54 Å². The maximum absolute atomic E-state index is 11.1. The SMILES string of the molecule is CNCC(=O)NCCCOCC1CCOCC1. The first-order valence-corrected chi connectivity index (χ1v) is 6.39. The minimum absolute atomic E-state index is 0.0388. The van der Waals surface area contributed by atoms with Crippen LogP contribution in [0.5, 0.6) is 0 Å². The number of rotatable bonds is 8. The second kappa shape index (κ2) is 9.39. The molecule has 0 saturated carbocycles. The van der Waals surface area contributed by atoms with Gasteiger partial charge in [-0.3, -0.25) is 4.79 Å². The van der Waals surface area contributed by atoms with Gasteiger partial charge in [-0.2, -0.15) is 0 Å². The molecular formula is C12H24N2O3. The largest absolute Gasteiger partial charge is 0.381 e. The Hall–Kier alpha value is -0.650. The summed E-state index contributed by atoms with van der Waals surface area (Å²) in [5.74, 6) is 0.694. The molecule has 1 saturated heterocycles. The highest BCUT2D eigenvalue weighted by Gasteiger charge is 2.13. The van der Waals surface area contributed by atoms with E-state index in [0.717, 1.165) is 45.7 Å². The lowest BCUT2D eigenvalue weighted by Crippen LogP contribution is -2.33. The van der Waals surface area contributed by atoms with Crippen LogP contribution in [0.2, 0.25) is 0 Å². The summed E-state index contributed by atoms with van der Waals surface area (Å²) in [5.41, 5.74) is 0. The third-order valence-corrected chi connectivity index (χ3v) is 2.82. The lowest BCUT2D eigenvalue weighted by Gasteiger charge is -2.21. The van der Waals surface area contributed by atoms with Crippen molar-refractivity contribution < 1.29 is 14.3 Å². The Morgan fingerprint density at radius 1 is 1.41 bits per heavy atom. The molecule has 0 radical (unpaired) electrons. The van der Waals surface area contributed by atoms with E-state index in [1.807, 2.05) is 0 Å². The summed E-state index contributed by atoms with van der Waals surface area (Å²) < 4.78 is 10.9. The zero-order chi connectivity index (χ0) is 12.3. The predicted octanol–water partition coefficient (Wildman–Crippen LogP) is 0.155. The molecule has 0 aliphatic carbocycles. The molecular weight excluding hydrogens is 220 g/mol. The molecule has 1 rings (SSSR count). The van der Waals surface area contributed by atoms with E-state index in [0.29, 0.717) is 19.0 Å². The van der Waals surface area contributed by atoms with Gasteiger partial charge in [-0.05, 0) is 32.2 Å². The topological polar surface area (TPSA) is 59.6 Å². The first-order valence-electron chi connectivity index (χ1n) is 6.39. The Labute approximate surface area is 103 Å². The molecule has 0 aromatic carbocycles. The van der Waals surface area contributed by atoms with Crippen LogP contribution in [0, 0.1) is 5.92 Å². The van der Waals surface area contributed by atoms with Crippen molar-refractivity contribution in [1.82, 2.24) is 10.6 Å². The van der Waals surface area contributed by atoms with Crippen molar-refractivity contribution in [2.24, 2.45) is 5.92 Å². The molecule has 5 nitrogen and oxygen atoms in total. The predicted molar refractivity (Wildman–Crippen MR) is 65.9 cm³/mol. The normalized spacial score (nSPS) is 17.0. The Kier molecular flexibility index (Phi) is 7.96. The zero-order valence-electron chi connectivity index (χ0n) is 10.7. The average molecular weight is 244 g/mol. The fourth-order valence-corrected chi connectivity index (χ4v) is 1.79. The van der Waals surface area contributed by atoms with Gasteiger partial charge in [0.15, 0.2) is 0 Å². The van der Waals surface area contributed by atoms with Gasteiger partial charge in [0.2, 0.25) is 5.91 Å². The molecule has 0 aromatic heterocycles. The standard InChI is InChI=1S/C12H24N2O3/c1-13-9-12(15)14-5-2-6-17-10-11-3-7-16-8-4-11/h11,13H,2-10H2,1H3,(H,14,15). The summed E-state index contributed by atoms with van der Waals surface area (Å²) in [5, 5.41) is 5.63. The van der Waals surface area contributed by atoms with Crippen LogP contribution in [0.25, 0.3) is 0 Å². The molecule has 0 aromatic rings. The third kappa shape index (κ3) is 7.31. The first kappa shape index (κ1) is 14.4. The van der Waals surface area contributed by atoms with Crippen LogP contribution >= 0.6 is 0 Å². The van der Waals surface area contributed by atoms with Gasteiger partial charge in [0.25, 0.3) is 0 Å². The van der Waals surface area contributed by atoms with Gasteiger partial charge in [-0.15, -0.1) is 0 Å². The summed E-state index contributed by atoms with van der Waals surface area (Å²) in [4.78, 5) is 11.1. The maximum Gasteiger partial charge on any atom is 0.233 e. The van der Waals surface area contributed by atoms with E-state index in [2.05, 4.69) is 10.6 Å². The lowest BCUT2D eigenvalue weighted by molar-refractivity contribution is -0.120. The van der Waals surface area contributed by atoms with Gasteiger partial charge in [0, 0.05) is 33.0 Å². The van der Waals surface area contributed by atoms with E-state index in [4.69, 9.17) is 9.47 Å². The molecule has 1 fully saturated rings. The van der Waals surface area contributed by atoms with Gasteiger partial charge in [0.1, 0.15) is 0 Å². The number of likely N-dealkylation sites (N-methyl/N-ethyl adjacent to an activating group) is 1. The van der Waals surface area contributed by atoms with Crippen molar-refractivity contribution in [3.63, 3.8) is 0 Å². The molecule has 5 heteroatoms. The number of carbonyl (C=O) groups is 1. The molecule has 0 unspecified atom stereocenters. The van der Waals surface area contributed by atoms with Crippen LogP contribution in [0.3, 0.4) is 0 Å². The van der Waals surface area contributed by atoms with E-state index in [1.54, 1.807) is 7.05 Å². The van der Waals surface area contributed by atoms with Crippen molar-refractivity contribution in [3.05, 3.63) is 0 Å². The number of ether oxygens (including phenoxy) is 2. The molecule has 0 spiro atoms. The van der Waals surface area contributed by atoms with E-state index in [-0.39, 0.29) is 5.91 Å². The summed E-state index contributed by atoms with van der Waals surface area (Å²) in [6.07, 6.45) is 3.09. The highest BCUT2D eigenvalue weighted by atomic mass is 16.5. The van der Waals surface area contributed by atoms with Crippen molar-refractivity contribution >= 4 is 5.91 Å². The fourth-order valence-electron chi connectivity index (χ4n) is 1.79. The number of amides is 1. The monoisotopic (exact) mass is 244 g/mol. The van der Waals surface area contributed by atoms with E-state index < -0.39 is 0 Å². The van der Waals surface area contributed by atoms with E-state index in [9.17, 15) is 4.79 Å². The summed E-state index contributed by atoms with van der Waals surface area (Å²) in [7, 11) is 1.76. The number of nitrogens with one attached hydrogen (secondary N) is 2.